The van der Waals surface area contributed by atoms with E-state index in [1.54, 1.807) is 0 Å². The second-order valence-electron chi connectivity index (χ2n) is 4.71. The first-order valence-corrected chi connectivity index (χ1v) is 7.62. The van der Waals surface area contributed by atoms with E-state index in [4.69, 9.17) is 9.47 Å². The van der Waals surface area contributed by atoms with Gasteiger partial charge in [-0.15, -0.1) is 0 Å². The zero-order valence-electron chi connectivity index (χ0n) is 10.0. The second-order valence-corrected chi connectivity index (χ2v) is 6.94. The molecule has 0 saturated carbocycles. The van der Waals surface area contributed by atoms with E-state index in [1.807, 2.05) is 36.4 Å². The third kappa shape index (κ3) is 2.39. The average molecular weight is 388 g/mol. The molecule has 0 aromatic heterocycles. The minimum Gasteiger partial charge on any atom is -0.455 e. The molecule has 3 atom stereocenters. The summed E-state index contributed by atoms with van der Waals surface area (Å²) in [6.07, 6.45) is 2.09. The maximum Gasteiger partial charge on any atom is 0.330 e. The summed E-state index contributed by atoms with van der Waals surface area (Å²) in [4.78, 5) is 11.9. The van der Waals surface area contributed by atoms with Crippen molar-refractivity contribution in [3.05, 3.63) is 46.5 Å². The zero-order valence-corrected chi connectivity index (χ0v) is 13.2. The largest absolute Gasteiger partial charge is 0.455 e. The van der Waals surface area contributed by atoms with E-state index in [9.17, 15) is 4.79 Å². The Bertz CT molecular complexity index is 529. The van der Waals surface area contributed by atoms with Crippen molar-refractivity contribution in [2.24, 2.45) is 0 Å². The molecular weight excluding hydrogens is 376 g/mol. The number of hydrogen-bond donors (Lipinski definition) is 0. The first-order valence-electron chi connectivity index (χ1n) is 6.03. The van der Waals surface area contributed by atoms with Gasteiger partial charge >= 0.3 is 5.97 Å². The molecule has 3 aliphatic rings. The number of ether oxygens (including phenoxy) is 2. The number of alkyl halides is 1. The SMILES string of the molecule is O=C1O[C@H]2C[C@@H](OCc3ccccc3)[C@]1(Br)C=C2Br. The summed E-state index contributed by atoms with van der Waals surface area (Å²) in [5.74, 6) is -0.273. The smallest absolute Gasteiger partial charge is 0.330 e. The number of carbonyl (C=O) groups excluding carboxylic acids is 1. The zero-order chi connectivity index (χ0) is 13.5. The van der Waals surface area contributed by atoms with Crippen LogP contribution in [-0.4, -0.2) is 22.5 Å². The lowest BCUT2D eigenvalue weighted by Crippen LogP contribution is -2.56. The fourth-order valence-electron chi connectivity index (χ4n) is 2.34. The molecule has 4 rings (SSSR count). The van der Waals surface area contributed by atoms with E-state index in [0.717, 1.165) is 10.0 Å². The number of carbonyl (C=O) groups is 1. The van der Waals surface area contributed by atoms with Crippen molar-refractivity contribution < 1.29 is 14.3 Å². The van der Waals surface area contributed by atoms with Crippen molar-refractivity contribution in [3.8, 4) is 0 Å². The van der Waals surface area contributed by atoms with Gasteiger partial charge in [-0.05, 0) is 11.6 Å². The van der Waals surface area contributed by atoms with E-state index >= 15 is 0 Å². The number of benzene rings is 1. The summed E-state index contributed by atoms with van der Waals surface area (Å²) >= 11 is 6.90. The highest BCUT2D eigenvalue weighted by Crippen LogP contribution is 2.45. The topological polar surface area (TPSA) is 35.5 Å². The van der Waals surface area contributed by atoms with Crippen LogP contribution in [0.25, 0.3) is 0 Å². The van der Waals surface area contributed by atoms with Crippen LogP contribution in [0.3, 0.4) is 0 Å². The Morgan fingerprint density at radius 1 is 1.37 bits per heavy atom. The van der Waals surface area contributed by atoms with Gasteiger partial charge in [0, 0.05) is 10.9 Å². The highest BCUT2D eigenvalue weighted by Gasteiger charge is 2.54. The van der Waals surface area contributed by atoms with Gasteiger partial charge in [0.25, 0.3) is 0 Å². The lowest BCUT2D eigenvalue weighted by molar-refractivity contribution is -0.165. The molecular formula is C14H12Br2O3. The summed E-state index contributed by atoms with van der Waals surface area (Å²) in [6, 6.07) is 9.92. The maximum atomic E-state index is 11.9. The van der Waals surface area contributed by atoms with Crippen molar-refractivity contribution in [3.63, 3.8) is 0 Å². The molecule has 0 radical (unpaired) electrons. The summed E-state index contributed by atoms with van der Waals surface area (Å²) in [7, 11) is 0. The lowest BCUT2D eigenvalue weighted by Gasteiger charge is -2.43. The molecule has 0 amide bonds. The molecule has 0 unspecified atom stereocenters. The summed E-state index contributed by atoms with van der Waals surface area (Å²) < 4.78 is 11.3. The standard InChI is InChI=1S/C14H12Br2O3/c15-10-7-14(16)12(6-11(10)19-13(14)17)18-8-9-4-2-1-3-5-9/h1-5,7,11-12H,6,8H2/t11-,12+,14+/m0/s1. The van der Waals surface area contributed by atoms with Gasteiger partial charge in [-0.3, -0.25) is 4.79 Å². The molecule has 1 fully saturated rings. The molecule has 2 bridgehead atoms. The number of rotatable bonds is 3. The van der Waals surface area contributed by atoms with Gasteiger partial charge in [-0.25, -0.2) is 0 Å². The number of fused-ring (bicyclic) bond motifs is 2. The van der Waals surface area contributed by atoms with Crippen LogP contribution >= 0.6 is 31.9 Å². The summed E-state index contributed by atoms with van der Waals surface area (Å²) in [6.45, 7) is 0.490. The minimum atomic E-state index is -0.866. The lowest BCUT2D eigenvalue weighted by atomic mass is 9.87. The molecule has 0 N–H and O–H groups in total. The predicted octanol–water partition coefficient (Wildman–Crippen LogP) is 3.31. The van der Waals surface area contributed by atoms with Crippen LogP contribution < -0.4 is 0 Å². The van der Waals surface area contributed by atoms with Gasteiger partial charge < -0.3 is 9.47 Å². The second kappa shape index (κ2) is 5.04. The Morgan fingerprint density at radius 2 is 2.11 bits per heavy atom. The molecule has 1 saturated heterocycles. The van der Waals surface area contributed by atoms with Gasteiger partial charge in [0.15, 0.2) is 4.32 Å². The van der Waals surface area contributed by atoms with Gasteiger partial charge in [0.2, 0.25) is 0 Å². The summed E-state index contributed by atoms with van der Waals surface area (Å²) in [5.41, 5.74) is 1.09. The van der Waals surface area contributed by atoms with E-state index in [1.165, 1.54) is 0 Å². The minimum absolute atomic E-state index is 0.208. The average Bonchev–Trinajstić information content (AvgIpc) is 2.40. The van der Waals surface area contributed by atoms with Crippen LogP contribution in [0.15, 0.2) is 40.9 Å². The van der Waals surface area contributed by atoms with Crippen molar-refractivity contribution in [1.29, 1.82) is 0 Å². The Hall–Kier alpha value is -0.650. The van der Waals surface area contributed by atoms with Crippen LogP contribution in [0.5, 0.6) is 0 Å². The third-order valence-electron chi connectivity index (χ3n) is 3.41. The molecule has 1 aromatic carbocycles. The Balaban J connectivity index is 1.75. The third-order valence-corrected chi connectivity index (χ3v) is 5.21. The number of halogens is 2. The quantitative estimate of drug-likeness (QED) is 0.589. The van der Waals surface area contributed by atoms with E-state index in [2.05, 4.69) is 31.9 Å². The predicted molar refractivity (Wildman–Crippen MR) is 78.2 cm³/mol. The van der Waals surface area contributed by atoms with Gasteiger partial charge in [-0.1, -0.05) is 62.2 Å². The van der Waals surface area contributed by atoms with E-state index in [-0.39, 0.29) is 18.2 Å². The van der Waals surface area contributed by atoms with Crippen molar-refractivity contribution in [2.75, 3.05) is 0 Å². The van der Waals surface area contributed by atoms with Crippen molar-refractivity contribution in [1.82, 2.24) is 0 Å². The molecule has 100 valence electrons. The van der Waals surface area contributed by atoms with Crippen LogP contribution in [0, 0.1) is 0 Å². The van der Waals surface area contributed by atoms with Crippen LogP contribution in [-0.2, 0) is 20.9 Å². The summed E-state index contributed by atoms with van der Waals surface area (Å²) in [5, 5.41) is 0. The molecule has 2 aliphatic heterocycles. The van der Waals surface area contributed by atoms with E-state index < -0.39 is 4.32 Å². The maximum absolute atomic E-state index is 11.9. The monoisotopic (exact) mass is 386 g/mol. The molecule has 5 heteroatoms. The molecule has 3 nitrogen and oxygen atoms in total. The van der Waals surface area contributed by atoms with E-state index in [0.29, 0.717) is 13.0 Å². The molecule has 2 heterocycles. The number of esters is 1. The van der Waals surface area contributed by atoms with Crippen LogP contribution in [0.4, 0.5) is 0 Å². The van der Waals surface area contributed by atoms with Crippen LogP contribution in [0.1, 0.15) is 12.0 Å². The Labute approximate surface area is 128 Å². The molecule has 1 aliphatic carbocycles. The fourth-order valence-corrected chi connectivity index (χ4v) is 3.95. The fraction of sp³-hybridized carbons (Fsp3) is 0.357. The highest BCUT2D eigenvalue weighted by atomic mass is 79.9. The van der Waals surface area contributed by atoms with Crippen LogP contribution in [0.2, 0.25) is 0 Å². The first kappa shape index (κ1) is 13.3. The van der Waals surface area contributed by atoms with Gasteiger partial charge in [0.05, 0.1) is 12.7 Å². The molecule has 1 aromatic rings. The normalized spacial score (nSPS) is 32.9. The Kier molecular flexibility index (Phi) is 3.53. The molecule has 19 heavy (non-hydrogen) atoms. The van der Waals surface area contributed by atoms with Crippen molar-refractivity contribution in [2.45, 2.75) is 29.6 Å². The van der Waals surface area contributed by atoms with Gasteiger partial charge in [-0.2, -0.15) is 0 Å². The van der Waals surface area contributed by atoms with Gasteiger partial charge in [0.1, 0.15) is 6.10 Å². The molecule has 0 spiro atoms. The highest BCUT2D eigenvalue weighted by molar-refractivity contribution is 9.12. The number of hydrogen-bond acceptors (Lipinski definition) is 3. The van der Waals surface area contributed by atoms with Crippen molar-refractivity contribution >= 4 is 37.8 Å². The first-order chi connectivity index (χ1) is 9.09. The Morgan fingerprint density at radius 3 is 2.84 bits per heavy atom.